The molecule has 4 heteroatoms. The number of anilines is 2. The molecule has 1 heterocycles. The largest absolute Gasteiger partial charge is 0.373 e. The maximum absolute atomic E-state index is 4.36. The van der Waals surface area contributed by atoms with Gasteiger partial charge < -0.3 is 10.6 Å². The average molecular weight is 248 g/mol. The van der Waals surface area contributed by atoms with Gasteiger partial charge in [-0.3, -0.25) is 0 Å². The van der Waals surface area contributed by atoms with Gasteiger partial charge in [-0.2, -0.15) is 0 Å². The Hall–Kier alpha value is -1.32. The monoisotopic (exact) mass is 248 g/mol. The Bertz CT molecular complexity index is 383. The quantitative estimate of drug-likeness (QED) is 0.859. The van der Waals surface area contributed by atoms with Gasteiger partial charge in [0.2, 0.25) is 0 Å². The predicted molar refractivity (Wildman–Crippen MR) is 76.0 cm³/mol. The molecule has 2 N–H and O–H groups in total. The molecule has 2 rings (SSSR count). The van der Waals surface area contributed by atoms with Crippen LogP contribution in [0.4, 0.5) is 11.6 Å². The molecule has 0 amide bonds. The molecule has 1 saturated carbocycles. The predicted octanol–water partition coefficient (Wildman–Crippen LogP) is 3.21. The van der Waals surface area contributed by atoms with E-state index in [1.165, 1.54) is 32.1 Å². The molecule has 1 aliphatic rings. The van der Waals surface area contributed by atoms with E-state index in [0.717, 1.165) is 23.1 Å². The van der Waals surface area contributed by atoms with Crippen LogP contribution in [0.15, 0.2) is 6.33 Å². The zero-order chi connectivity index (χ0) is 13.0. The Morgan fingerprint density at radius 3 is 2.44 bits per heavy atom. The van der Waals surface area contributed by atoms with E-state index in [1.807, 2.05) is 7.05 Å². The summed E-state index contributed by atoms with van der Waals surface area (Å²) in [5.74, 6) is 2.83. The van der Waals surface area contributed by atoms with Crippen molar-refractivity contribution in [3.05, 3.63) is 11.9 Å². The minimum Gasteiger partial charge on any atom is -0.373 e. The first-order valence-corrected chi connectivity index (χ1v) is 7.00. The third-order valence-electron chi connectivity index (χ3n) is 4.09. The molecule has 1 aliphatic carbocycles. The van der Waals surface area contributed by atoms with Crippen molar-refractivity contribution in [1.82, 2.24) is 9.97 Å². The van der Waals surface area contributed by atoms with Crippen molar-refractivity contribution in [2.24, 2.45) is 5.92 Å². The summed E-state index contributed by atoms with van der Waals surface area (Å²) in [5, 5.41) is 6.68. The summed E-state index contributed by atoms with van der Waals surface area (Å²) in [5.41, 5.74) is 1.11. The van der Waals surface area contributed by atoms with Crippen LogP contribution in [0.5, 0.6) is 0 Å². The van der Waals surface area contributed by atoms with Crippen molar-refractivity contribution in [2.75, 3.05) is 17.7 Å². The molecular formula is C14H24N4. The van der Waals surface area contributed by atoms with Crippen molar-refractivity contribution < 1.29 is 0 Å². The number of hydrogen-bond donors (Lipinski definition) is 2. The van der Waals surface area contributed by atoms with E-state index in [9.17, 15) is 0 Å². The fraction of sp³-hybridized carbons (Fsp3) is 0.714. The van der Waals surface area contributed by atoms with Gasteiger partial charge in [0.15, 0.2) is 0 Å². The van der Waals surface area contributed by atoms with Gasteiger partial charge in [0, 0.05) is 18.7 Å². The molecule has 0 bridgehead atoms. The molecule has 0 radical (unpaired) electrons. The van der Waals surface area contributed by atoms with Gasteiger partial charge in [-0.15, -0.1) is 0 Å². The number of nitrogens with zero attached hydrogens (tertiary/aromatic N) is 2. The van der Waals surface area contributed by atoms with E-state index in [0.29, 0.717) is 6.04 Å². The first-order valence-electron chi connectivity index (χ1n) is 7.00. The van der Waals surface area contributed by atoms with E-state index in [1.54, 1.807) is 6.33 Å². The third-order valence-corrected chi connectivity index (χ3v) is 4.09. The van der Waals surface area contributed by atoms with Crippen molar-refractivity contribution in [3.8, 4) is 0 Å². The fourth-order valence-corrected chi connectivity index (χ4v) is 2.76. The summed E-state index contributed by atoms with van der Waals surface area (Å²) >= 11 is 0. The van der Waals surface area contributed by atoms with Gasteiger partial charge in [0.1, 0.15) is 18.0 Å². The lowest BCUT2D eigenvalue weighted by atomic mass is 9.84. The van der Waals surface area contributed by atoms with Crippen LogP contribution in [0, 0.1) is 12.8 Å². The molecule has 18 heavy (non-hydrogen) atoms. The molecule has 0 unspecified atom stereocenters. The Balaban J connectivity index is 1.98. The van der Waals surface area contributed by atoms with Crippen LogP contribution in [-0.2, 0) is 0 Å². The lowest BCUT2D eigenvalue weighted by Gasteiger charge is -2.29. The normalized spacial score (nSPS) is 23.7. The SMILES string of the molecule is CCC1CCC(Nc2ncnc(NC)c2C)CC1. The van der Waals surface area contributed by atoms with Crippen LogP contribution in [0.1, 0.15) is 44.6 Å². The second-order valence-electron chi connectivity index (χ2n) is 5.22. The van der Waals surface area contributed by atoms with Crippen molar-refractivity contribution >= 4 is 11.6 Å². The number of rotatable bonds is 4. The van der Waals surface area contributed by atoms with Gasteiger partial charge in [-0.25, -0.2) is 9.97 Å². The van der Waals surface area contributed by atoms with Crippen LogP contribution in [0.3, 0.4) is 0 Å². The second kappa shape index (κ2) is 6.03. The Morgan fingerprint density at radius 2 is 1.83 bits per heavy atom. The lowest BCUT2D eigenvalue weighted by molar-refractivity contribution is 0.330. The summed E-state index contributed by atoms with van der Waals surface area (Å²) in [6.07, 6.45) is 8.16. The zero-order valence-corrected chi connectivity index (χ0v) is 11.7. The minimum absolute atomic E-state index is 0.575. The first kappa shape index (κ1) is 13.1. The van der Waals surface area contributed by atoms with Crippen molar-refractivity contribution in [3.63, 3.8) is 0 Å². The van der Waals surface area contributed by atoms with Gasteiger partial charge in [0.05, 0.1) is 0 Å². The van der Waals surface area contributed by atoms with Crippen molar-refractivity contribution in [1.29, 1.82) is 0 Å². The second-order valence-corrected chi connectivity index (χ2v) is 5.22. The topological polar surface area (TPSA) is 49.8 Å². The Morgan fingerprint density at radius 1 is 1.17 bits per heavy atom. The maximum Gasteiger partial charge on any atom is 0.134 e. The summed E-state index contributed by atoms with van der Waals surface area (Å²) in [6, 6.07) is 0.575. The molecule has 1 fully saturated rings. The molecule has 100 valence electrons. The van der Waals surface area contributed by atoms with Crippen molar-refractivity contribution in [2.45, 2.75) is 52.0 Å². The summed E-state index contributed by atoms with van der Waals surface area (Å²) < 4.78 is 0. The molecule has 1 aromatic heterocycles. The first-order chi connectivity index (χ1) is 8.74. The Kier molecular flexibility index (Phi) is 4.39. The highest BCUT2D eigenvalue weighted by Crippen LogP contribution is 2.29. The number of hydrogen-bond acceptors (Lipinski definition) is 4. The highest BCUT2D eigenvalue weighted by molar-refractivity contribution is 5.56. The van der Waals surface area contributed by atoms with Gasteiger partial charge in [-0.1, -0.05) is 13.3 Å². The van der Waals surface area contributed by atoms with Crippen LogP contribution < -0.4 is 10.6 Å². The summed E-state index contributed by atoms with van der Waals surface area (Å²) in [4.78, 5) is 8.57. The summed E-state index contributed by atoms with van der Waals surface area (Å²) in [6.45, 7) is 4.36. The van der Waals surface area contributed by atoms with Crippen LogP contribution in [-0.4, -0.2) is 23.1 Å². The summed E-state index contributed by atoms with van der Waals surface area (Å²) in [7, 11) is 1.89. The molecular weight excluding hydrogens is 224 g/mol. The lowest BCUT2D eigenvalue weighted by Crippen LogP contribution is -2.26. The fourth-order valence-electron chi connectivity index (χ4n) is 2.76. The smallest absolute Gasteiger partial charge is 0.134 e. The van der Waals surface area contributed by atoms with Gasteiger partial charge >= 0.3 is 0 Å². The van der Waals surface area contributed by atoms with Crippen LogP contribution in [0.25, 0.3) is 0 Å². The molecule has 4 nitrogen and oxygen atoms in total. The maximum atomic E-state index is 4.36. The molecule has 1 aromatic rings. The third kappa shape index (κ3) is 2.92. The molecule has 0 aliphatic heterocycles. The molecule has 0 saturated heterocycles. The van der Waals surface area contributed by atoms with E-state index in [4.69, 9.17) is 0 Å². The molecule has 0 atom stereocenters. The van der Waals surface area contributed by atoms with E-state index < -0.39 is 0 Å². The highest BCUT2D eigenvalue weighted by atomic mass is 15.1. The average Bonchev–Trinajstić information content (AvgIpc) is 2.42. The number of nitrogens with one attached hydrogen (secondary N) is 2. The zero-order valence-electron chi connectivity index (χ0n) is 11.7. The number of aromatic nitrogens is 2. The van der Waals surface area contributed by atoms with E-state index >= 15 is 0 Å². The molecule has 0 aromatic carbocycles. The minimum atomic E-state index is 0.575. The van der Waals surface area contributed by atoms with Gasteiger partial charge in [-0.05, 0) is 38.5 Å². The highest BCUT2D eigenvalue weighted by Gasteiger charge is 2.20. The Labute approximate surface area is 110 Å². The van der Waals surface area contributed by atoms with Gasteiger partial charge in [0.25, 0.3) is 0 Å². The standard InChI is InChI=1S/C14H24N4/c1-4-11-5-7-12(8-6-11)18-14-10(2)13(15-3)16-9-17-14/h9,11-12H,4-8H2,1-3H3,(H2,15,16,17,18). The van der Waals surface area contributed by atoms with E-state index in [-0.39, 0.29) is 0 Å². The van der Waals surface area contributed by atoms with Crippen LogP contribution in [0.2, 0.25) is 0 Å². The van der Waals surface area contributed by atoms with E-state index in [2.05, 4.69) is 34.4 Å². The van der Waals surface area contributed by atoms with Crippen LogP contribution >= 0.6 is 0 Å². The molecule has 0 spiro atoms.